The van der Waals surface area contributed by atoms with Crippen LogP contribution in [0.1, 0.15) is 12.8 Å². The number of anilines is 3. The van der Waals surface area contributed by atoms with E-state index in [9.17, 15) is 22.4 Å². The summed E-state index contributed by atoms with van der Waals surface area (Å²) in [4.78, 5) is 21.1. The van der Waals surface area contributed by atoms with Gasteiger partial charge in [-0.2, -0.15) is 23.3 Å². The third kappa shape index (κ3) is 5.38. The van der Waals surface area contributed by atoms with Crippen LogP contribution in [0.25, 0.3) is 11.1 Å². The molecule has 8 nitrogen and oxygen atoms in total. The Morgan fingerprint density at radius 3 is 2.58 bits per heavy atom. The van der Waals surface area contributed by atoms with Gasteiger partial charge in [-0.3, -0.25) is 9.48 Å². The van der Waals surface area contributed by atoms with Crippen LogP contribution in [0.2, 0.25) is 0 Å². The summed E-state index contributed by atoms with van der Waals surface area (Å²) in [6.07, 6.45) is 0.798. The Bertz CT molecular complexity index is 1140. The van der Waals surface area contributed by atoms with Crippen LogP contribution < -0.4 is 10.6 Å². The second-order valence-corrected chi connectivity index (χ2v) is 7.70. The van der Waals surface area contributed by atoms with E-state index in [1.807, 2.05) is 0 Å². The van der Waals surface area contributed by atoms with Gasteiger partial charge in [0.05, 0.1) is 6.20 Å². The molecule has 3 heterocycles. The second-order valence-electron chi connectivity index (χ2n) is 7.70. The number of amides is 1. The van der Waals surface area contributed by atoms with Crippen molar-refractivity contribution in [2.45, 2.75) is 25.1 Å². The number of likely N-dealkylation sites (tertiary alicyclic amines) is 1. The lowest BCUT2D eigenvalue weighted by Crippen LogP contribution is -2.47. The molecule has 174 valence electrons. The van der Waals surface area contributed by atoms with Gasteiger partial charge in [0.25, 0.3) is 0 Å². The SMILES string of the molecule is Cn1cc(-c2cnc(Nc3cccc(F)c3)nc2NC2CCN(C(=O)C(F)(F)F)CC2)cn1. The van der Waals surface area contributed by atoms with Crippen molar-refractivity contribution >= 4 is 23.4 Å². The minimum Gasteiger partial charge on any atom is -0.367 e. The number of aromatic nitrogens is 4. The zero-order valence-electron chi connectivity index (χ0n) is 17.6. The van der Waals surface area contributed by atoms with Gasteiger partial charge >= 0.3 is 12.1 Å². The van der Waals surface area contributed by atoms with Gasteiger partial charge in [0.2, 0.25) is 5.95 Å². The molecule has 1 amide bonds. The maximum absolute atomic E-state index is 13.5. The van der Waals surface area contributed by atoms with Crippen LogP contribution in [0.4, 0.5) is 35.0 Å². The number of piperidine rings is 1. The minimum absolute atomic E-state index is 0.0162. The lowest BCUT2D eigenvalue weighted by molar-refractivity contribution is -0.186. The Kier molecular flexibility index (Phi) is 6.16. The molecular formula is C21H21F4N7O. The van der Waals surface area contributed by atoms with Gasteiger partial charge in [0.1, 0.15) is 11.6 Å². The predicted molar refractivity (Wildman–Crippen MR) is 113 cm³/mol. The molecule has 4 rings (SSSR count). The van der Waals surface area contributed by atoms with Gasteiger partial charge < -0.3 is 15.5 Å². The van der Waals surface area contributed by atoms with Crippen LogP contribution in [0.3, 0.4) is 0 Å². The Balaban J connectivity index is 1.54. The maximum Gasteiger partial charge on any atom is 0.471 e. The number of benzene rings is 1. The number of aryl methyl sites for hydroxylation is 1. The average Bonchev–Trinajstić information content (AvgIpc) is 3.19. The lowest BCUT2D eigenvalue weighted by Gasteiger charge is -2.33. The van der Waals surface area contributed by atoms with E-state index in [0.29, 0.717) is 29.9 Å². The van der Waals surface area contributed by atoms with E-state index in [4.69, 9.17) is 0 Å². The quantitative estimate of drug-likeness (QED) is 0.561. The van der Waals surface area contributed by atoms with Crippen molar-refractivity contribution in [2.24, 2.45) is 7.05 Å². The first-order valence-corrected chi connectivity index (χ1v) is 10.2. The van der Waals surface area contributed by atoms with Crippen LogP contribution >= 0.6 is 0 Å². The van der Waals surface area contributed by atoms with Gasteiger partial charge in [-0.1, -0.05) is 6.07 Å². The minimum atomic E-state index is -4.88. The van der Waals surface area contributed by atoms with Gasteiger partial charge in [-0.25, -0.2) is 9.37 Å². The zero-order chi connectivity index (χ0) is 23.6. The summed E-state index contributed by atoms with van der Waals surface area (Å²) in [5.41, 5.74) is 1.87. The first-order chi connectivity index (χ1) is 15.7. The standard InChI is InChI=1S/C21H21F4N7O/c1-31-12-13(10-27-31)17-11-26-20(29-16-4-2-3-14(22)9-16)30-18(17)28-15-5-7-32(8-6-15)19(33)21(23,24)25/h2-4,9-12,15H,5-8H2,1H3,(H2,26,28,29,30). The molecule has 0 atom stereocenters. The van der Waals surface area contributed by atoms with E-state index >= 15 is 0 Å². The highest BCUT2D eigenvalue weighted by atomic mass is 19.4. The number of nitrogens with one attached hydrogen (secondary N) is 2. The van der Waals surface area contributed by atoms with E-state index in [0.717, 1.165) is 10.5 Å². The maximum atomic E-state index is 13.5. The summed E-state index contributed by atoms with van der Waals surface area (Å²) in [5, 5.41) is 10.4. The summed E-state index contributed by atoms with van der Waals surface area (Å²) in [5.74, 6) is -1.55. The molecule has 2 N–H and O–H groups in total. The molecule has 1 aliphatic rings. The number of hydrogen-bond donors (Lipinski definition) is 2. The second kappa shape index (κ2) is 9.04. The van der Waals surface area contributed by atoms with Crippen molar-refractivity contribution in [1.29, 1.82) is 0 Å². The Morgan fingerprint density at radius 2 is 1.94 bits per heavy atom. The van der Waals surface area contributed by atoms with Crippen LogP contribution in [0.15, 0.2) is 42.9 Å². The first kappa shape index (κ1) is 22.5. The monoisotopic (exact) mass is 463 g/mol. The fourth-order valence-corrected chi connectivity index (χ4v) is 3.62. The smallest absolute Gasteiger partial charge is 0.367 e. The van der Waals surface area contributed by atoms with Crippen molar-refractivity contribution < 1.29 is 22.4 Å². The van der Waals surface area contributed by atoms with E-state index in [-0.39, 0.29) is 25.1 Å². The molecule has 0 spiro atoms. The molecule has 1 aromatic carbocycles. The molecule has 1 fully saturated rings. The van der Waals surface area contributed by atoms with Gasteiger partial charge in [-0.05, 0) is 31.0 Å². The molecule has 0 saturated carbocycles. The number of hydrogen-bond acceptors (Lipinski definition) is 6. The molecule has 12 heteroatoms. The molecular weight excluding hydrogens is 442 g/mol. The molecule has 0 bridgehead atoms. The fraction of sp³-hybridized carbons (Fsp3) is 0.333. The molecule has 3 aromatic rings. The van der Waals surface area contributed by atoms with Crippen molar-refractivity contribution in [3.8, 4) is 11.1 Å². The van der Waals surface area contributed by atoms with Gasteiger partial charge in [-0.15, -0.1) is 0 Å². The average molecular weight is 463 g/mol. The third-order valence-electron chi connectivity index (χ3n) is 5.25. The molecule has 0 radical (unpaired) electrons. The molecule has 0 aliphatic carbocycles. The van der Waals surface area contributed by atoms with E-state index in [1.54, 1.807) is 42.5 Å². The summed E-state index contributed by atoms with van der Waals surface area (Å²) in [7, 11) is 1.77. The third-order valence-corrected chi connectivity index (χ3v) is 5.25. The summed E-state index contributed by atoms with van der Waals surface area (Å²) in [6, 6.07) is 5.65. The van der Waals surface area contributed by atoms with Crippen molar-refractivity contribution in [1.82, 2.24) is 24.6 Å². The van der Waals surface area contributed by atoms with Crippen LogP contribution in [-0.2, 0) is 11.8 Å². The number of nitrogens with zero attached hydrogens (tertiary/aromatic N) is 5. The molecule has 1 saturated heterocycles. The number of rotatable bonds is 5. The number of carbonyl (C=O) groups excluding carboxylic acids is 1. The Morgan fingerprint density at radius 1 is 1.18 bits per heavy atom. The molecule has 0 unspecified atom stereocenters. The summed E-state index contributed by atoms with van der Waals surface area (Å²) in [6.45, 7) is -0.0323. The fourth-order valence-electron chi connectivity index (χ4n) is 3.62. The number of halogens is 4. The lowest BCUT2D eigenvalue weighted by atomic mass is 10.0. The molecule has 2 aromatic heterocycles. The summed E-state index contributed by atoms with van der Waals surface area (Å²) >= 11 is 0. The van der Waals surface area contributed by atoms with Crippen LogP contribution in [0, 0.1) is 5.82 Å². The molecule has 1 aliphatic heterocycles. The van der Waals surface area contributed by atoms with Crippen molar-refractivity contribution in [3.05, 3.63) is 48.7 Å². The highest BCUT2D eigenvalue weighted by Gasteiger charge is 2.43. The van der Waals surface area contributed by atoms with Crippen LogP contribution in [-0.4, -0.2) is 55.9 Å². The largest absolute Gasteiger partial charge is 0.471 e. The van der Waals surface area contributed by atoms with E-state index in [2.05, 4.69) is 25.7 Å². The van der Waals surface area contributed by atoms with Crippen molar-refractivity contribution in [3.63, 3.8) is 0 Å². The Hall–Kier alpha value is -3.70. The van der Waals surface area contributed by atoms with Crippen molar-refractivity contribution in [2.75, 3.05) is 23.7 Å². The summed E-state index contributed by atoms with van der Waals surface area (Å²) < 4.78 is 53.3. The Labute approximate surface area is 186 Å². The van der Waals surface area contributed by atoms with Crippen LogP contribution in [0.5, 0.6) is 0 Å². The van der Waals surface area contributed by atoms with E-state index < -0.39 is 17.9 Å². The number of carbonyl (C=O) groups is 1. The van der Waals surface area contributed by atoms with Gasteiger partial charge in [0.15, 0.2) is 0 Å². The zero-order valence-corrected chi connectivity index (χ0v) is 17.6. The first-order valence-electron chi connectivity index (χ1n) is 10.2. The normalized spacial score (nSPS) is 14.9. The highest BCUT2D eigenvalue weighted by Crippen LogP contribution is 2.29. The van der Waals surface area contributed by atoms with E-state index in [1.165, 1.54) is 12.1 Å². The topological polar surface area (TPSA) is 88.0 Å². The van der Waals surface area contributed by atoms with Gasteiger partial charge in [0, 0.05) is 55.4 Å². The highest BCUT2D eigenvalue weighted by molar-refractivity contribution is 5.82. The molecule has 33 heavy (non-hydrogen) atoms. The number of alkyl halides is 3. The predicted octanol–water partition coefficient (Wildman–Crippen LogP) is 3.73.